The molecule has 0 bridgehead atoms. The van der Waals surface area contributed by atoms with E-state index in [1.807, 2.05) is 0 Å². The summed E-state index contributed by atoms with van der Waals surface area (Å²) >= 11 is 0. The largest absolute Gasteiger partial charge is 0.490 e. The van der Waals surface area contributed by atoms with Crippen LogP contribution >= 0.6 is 0 Å². The molecule has 1 amide bonds. The number of hydrogen-bond acceptors (Lipinski definition) is 6. The van der Waals surface area contributed by atoms with Gasteiger partial charge >= 0.3 is 5.97 Å². The van der Waals surface area contributed by atoms with Gasteiger partial charge in [0.1, 0.15) is 6.26 Å². The summed E-state index contributed by atoms with van der Waals surface area (Å²) in [6, 6.07) is 0.889. The average Bonchev–Trinajstić information content (AvgIpc) is 2.55. The molecule has 0 radical (unpaired) electrons. The van der Waals surface area contributed by atoms with Gasteiger partial charge in [0.15, 0.2) is 5.76 Å². The zero-order valence-corrected chi connectivity index (χ0v) is 13.4. The summed E-state index contributed by atoms with van der Waals surface area (Å²) in [6.07, 6.45) is 3.80. The number of methoxy groups -OCH3 is 1. The first-order valence-corrected chi connectivity index (χ1v) is 7.70. The summed E-state index contributed by atoms with van der Waals surface area (Å²) in [5, 5.41) is 0. The van der Waals surface area contributed by atoms with Gasteiger partial charge in [-0.3, -0.25) is 14.4 Å². The predicted octanol–water partition coefficient (Wildman–Crippen LogP) is 1.60. The van der Waals surface area contributed by atoms with Crippen molar-refractivity contribution in [3.05, 3.63) is 28.3 Å². The maximum atomic E-state index is 12.6. The van der Waals surface area contributed by atoms with Crippen molar-refractivity contribution in [1.82, 2.24) is 4.90 Å². The Hall–Kier alpha value is -2.31. The molecular weight excluding hydrogens is 302 g/mol. The number of esters is 1. The van der Waals surface area contributed by atoms with E-state index >= 15 is 0 Å². The number of rotatable bonds is 5. The summed E-state index contributed by atoms with van der Waals surface area (Å²) in [7, 11) is 1.35. The Morgan fingerprint density at radius 3 is 2.83 bits per heavy atom. The van der Waals surface area contributed by atoms with E-state index in [9.17, 15) is 14.4 Å². The van der Waals surface area contributed by atoms with E-state index in [-0.39, 0.29) is 29.9 Å². The third-order valence-electron chi connectivity index (χ3n) is 3.82. The van der Waals surface area contributed by atoms with Crippen molar-refractivity contribution < 1.29 is 23.5 Å². The Morgan fingerprint density at radius 1 is 1.39 bits per heavy atom. The first-order valence-electron chi connectivity index (χ1n) is 7.70. The summed E-state index contributed by atoms with van der Waals surface area (Å²) < 4.78 is 15.0. The molecule has 1 aliphatic rings. The molecule has 1 aliphatic heterocycles. The molecule has 7 nitrogen and oxygen atoms in total. The van der Waals surface area contributed by atoms with Crippen molar-refractivity contribution >= 4 is 11.9 Å². The van der Waals surface area contributed by atoms with Crippen LogP contribution in [0.3, 0.4) is 0 Å². The van der Waals surface area contributed by atoms with Crippen molar-refractivity contribution in [3.63, 3.8) is 0 Å². The lowest BCUT2D eigenvalue weighted by molar-refractivity contribution is -0.144. The van der Waals surface area contributed by atoms with Crippen molar-refractivity contribution in [2.75, 3.05) is 20.3 Å². The molecule has 2 rings (SSSR count). The minimum absolute atomic E-state index is 0.0447. The predicted molar refractivity (Wildman–Crippen MR) is 81.5 cm³/mol. The van der Waals surface area contributed by atoms with Crippen LogP contribution in [-0.2, 0) is 9.53 Å². The molecule has 2 heterocycles. The number of ether oxygens (including phenoxy) is 2. The molecule has 1 saturated heterocycles. The summed E-state index contributed by atoms with van der Waals surface area (Å²) in [5.41, 5.74) is -0.416. The highest BCUT2D eigenvalue weighted by atomic mass is 16.5. The van der Waals surface area contributed by atoms with Crippen molar-refractivity contribution in [2.45, 2.75) is 38.6 Å². The number of carbonyl (C=O) groups excluding carboxylic acids is 2. The third-order valence-corrected chi connectivity index (χ3v) is 3.82. The Labute approximate surface area is 134 Å². The van der Waals surface area contributed by atoms with E-state index in [2.05, 4.69) is 0 Å². The van der Waals surface area contributed by atoms with Crippen LogP contribution in [0.25, 0.3) is 0 Å². The van der Waals surface area contributed by atoms with Crippen LogP contribution in [0.4, 0.5) is 0 Å². The normalized spacial score (nSPS) is 17.7. The molecule has 1 unspecified atom stereocenters. The van der Waals surface area contributed by atoms with Crippen LogP contribution in [0.5, 0.6) is 5.75 Å². The standard InChI is InChI=1S/C16H21NO6/c1-3-22-15(19)8-11-6-4-5-7-17(11)16(20)13-9-12(18)14(21-2)10-23-13/h9-11H,3-8H2,1-2H3. The smallest absolute Gasteiger partial charge is 0.307 e. The van der Waals surface area contributed by atoms with Crippen LogP contribution in [-0.4, -0.2) is 43.1 Å². The molecule has 0 N–H and O–H groups in total. The minimum Gasteiger partial charge on any atom is -0.490 e. The van der Waals surface area contributed by atoms with Gasteiger partial charge in [-0.05, 0) is 26.2 Å². The topological polar surface area (TPSA) is 86.0 Å². The maximum Gasteiger partial charge on any atom is 0.307 e. The number of likely N-dealkylation sites (tertiary alicyclic amines) is 1. The van der Waals surface area contributed by atoms with Gasteiger partial charge in [-0.1, -0.05) is 0 Å². The highest BCUT2D eigenvalue weighted by molar-refractivity contribution is 5.92. The van der Waals surface area contributed by atoms with Crippen LogP contribution in [0.2, 0.25) is 0 Å². The zero-order chi connectivity index (χ0) is 16.8. The Bertz CT molecular complexity index is 623. The van der Waals surface area contributed by atoms with E-state index in [1.165, 1.54) is 7.11 Å². The number of nitrogens with zero attached hydrogens (tertiary/aromatic N) is 1. The summed E-state index contributed by atoms with van der Waals surface area (Å²) in [5.74, 6) is -0.720. The quantitative estimate of drug-likeness (QED) is 0.765. The number of amides is 1. The lowest BCUT2D eigenvalue weighted by atomic mass is 9.99. The number of hydrogen-bond donors (Lipinski definition) is 0. The molecule has 1 fully saturated rings. The number of carbonyl (C=O) groups is 2. The Balaban J connectivity index is 2.16. The molecule has 1 aromatic rings. The highest BCUT2D eigenvalue weighted by Gasteiger charge is 2.31. The first kappa shape index (κ1) is 17.1. The lowest BCUT2D eigenvalue weighted by Gasteiger charge is -2.34. The van der Waals surface area contributed by atoms with Gasteiger partial charge in [0, 0.05) is 18.7 Å². The Morgan fingerprint density at radius 2 is 2.17 bits per heavy atom. The van der Waals surface area contributed by atoms with Gasteiger partial charge < -0.3 is 18.8 Å². The number of piperidine rings is 1. The van der Waals surface area contributed by atoms with E-state index in [0.29, 0.717) is 13.2 Å². The van der Waals surface area contributed by atoms with Gasteiger partial charge in [0.25, 0.3) is 5.91 Å². The van der Waals surface area contributed by atoms with E-state index in [1.54, 1.807) is 11.8 Å². The molecule has 0 aliphatic carbocycles. The molecule has 0 aromatic carbocycles. The maximum absolute atomic E-state index is 12.6. The second-order valence-corrected chi connectivity index (χ2v) is 5.33. The van der Waals surface area contributed by atoms with Gasteiger partial charge in [-0.15, -0.1) is 0 Å². The molecule has 1 atom stereocenters. The van der Waals surface area contributed by atoms with Crippen LogP contribution in [0.15, 0.2) is 21.5 Å². The second kappa shape index (κ2) is 7.80. The zero-order valence-electron chi connectivity index (χ0n) is 13.4. The fourth-order valence-corrected chi connectivity index (χ4v) is 2.69. The van der Waals surface area contributed by atoms with E-state index in [4.69, 9.17) is 13.9 Å². The monoisotopic (exact) mass is 323 g/mol. The van der Waals surface area contributed by atoms with Gasteiger partial charge in [-0.2, -0.15) is 0 Å². The lowest BCUT2D eigenvalue weighted by Crippen LogP contribution is -2.45. The fourth-order valence-electron chi connectivity index (χ4n) is 2.69. The molecule has 126 valence electrons. The molecular formula is C16H21NO6. The summed E-state index contributed by atoms with van der Waals surface area (Å²) in [6.45, 7) is 2.58. The minimum atomic E-state index is -0.416. The molecule has 0 spiro atoms. The van der Waals surface area contributed by atoms with Crippen LogP contribution < -0.4 is 10.2 Å². The molecule has 7 heteroatoms. The first-order chi connectivity index (χ1) is 11.1. The molecule has 1 aromatic heterocycles. The molecule has 0 saturated carbocycles. The van der Waals surface area contributed by atoms with Gasteiger partial charge in [0.2, 0.25) is 11.2 Å². The van der Waals surface area contributed by atoms with Gasteiger partial charge in [0.05, 0.1) is 20.1 Å². The third kappa shape index (κ3) is 4.12. The van der Waals surface area contributed by atoms with Crippen molar-refractivity contribution in [3.8, 4) is 5.75 Å². The second-order valence-electron chi connectivity index (χ2n) is 5.33. The Kier molecular flexibility index (Phi) is 5.78. The van der Waals surface area contributed by atoms with Crippen LogP contribution in [0, 0.1) is 0 Å². The fraction of sp³-hybridized carbons (Fsp3) is 0.562. The SMILES string of the molecule is CCOC(=O)CC1CCCCN1C(=O)c1cc(=O)c(OC)co1. The van der Waals surface area contributed by atoms with Crippen molar-refractivity contribution in [1.29, 1.82) is 0 Å². The van der Waals surface area contributed by atoms with E-state index in [0.717, 1.165) is 31.6 Å². The molecule has 23 heavy (non-hydrogen) atoms. The highest BCUT2D eigenvalue weighted by Crippen LogP contribution is 2.22. The summed E-state index contributed by atoms with van der Waals surface area (Å²) in [4.78, 5) is 37.7. The van der Waals surface area contributed by atoms with Crippen molar-refractivity contribution in [2.24, 2.45) is 0 Å². The van der Waals surface area contributed by atoms with E-state index < -0.39 is 11.3 Å². The van der Waals surface area contributed by atoms with Crippen LogP contribution in [0.1, 0.15) is 43.2 Å². The van der Waals surface area contributed by atoms with Gasteiger partial charge in [-0.25, -0.2) is 0 Å². The average molecular weight is 323 g/mol.